The summed E-state index contributed by atoms with van der Waals surface area (Å²) in [7, 11) is 6.54. The highest BCUT2D eigenvalue weighted by atomic mass is 127. The molecule has 0 fully saturated rings. The molecule has 0 aliphatic carbocycles. The minimum atomic E-state index is 0. The van der Waals surface area contributed by atoms with E-state index in [4.69, 9.17) is 18.9 Å². The van der Waals surface area contributed by atoms with Crippen LogP contribution in [-0.2, 0) is 6.54 Å². The molecular weight excluding hydrogens is 497 g/mol. The van der Waals surface area contributed by atoms with Crippen molar-refractivity contribution >= 4 is 29.9 Å². The number of hydrogen-bond donors (Lipinski definition) is 2. The number of benzene rings is 2. The first-order valence-corrected chi connectivity index (χ1v) is 9.54. The zero-order valence-corrected chi connectivity index (χ0v) is 20.6. The van der Waals surface area contributed by atoms with Gasteiger partial charge in [0, 0.05) is 20.1 Å². The highest BCUT2D eigenvalue weighted by Gasteiger charge is 2.13. The molecule has 30 heavy (non-hydrogen) atoms. The van der Waals surface area contributed by atoms with Crippen molar-refractivity contribution in [3.05, 3.63) is 47.5 Å². The molecule has 0 aromatic heterocycles. The van der Waals surface area contributed by atoms with Gasteiger partial charge in [-0.2, -0.15) is 0 Å². The van der Waals surface area contributed by atoms with E-state index in [1.807, 2.05) is 43.3 Å². The molecule has 0 heterocycles. The maximum Gasteiger partial charge on any atom is 0.203 e. The average Bonchev–Trinajstić information content (AvgIpc) is 2.75. The van der Waals surface area contributed by atoms with Gasteiger partial charge in [0.2, 0.25) is 5.75 Å². The van der Waals surface area contributed by atoms with Gasteiger partial charge in [-0.1, -0.05) is 18.2 Å². The SMILES string of the molecule is CN=C(NCCCOc1ccccc1C)NCc1cc(OC)c(OC)c(OC)c1.I. The lowest BCUT2D eigenvalue weighted by Gasteiger charge is -2.16. The summed E-state index contributed by atoms with van der Waals surface area (Å²) in [5, 5.41) is 6.58. The Morgan fingerprint density at radius 1 is 0.933 bits per heavy atom. The largest absolute Gasteiger partial charge is 0.493 e. The number of guanidine groups is 1. The first-order chi connectivity index (χ1) is 14.1. The number of para-hydroxylation sites is 1. The second kappa shape index (κ2) is 13.8. The van der Waals surface area contributed by atoms with E-state index in [2.05, 4.69) is 15.6 Å². The van der Waals surface area contributed by atoms with Crippen LogP contribution in [0, 0.1) is 6.92 Å². The predicted octanol–water partition coefficient (Wildman–Crippen LogP) is 3.77. The third kappa shape index (κ3) is 7.47. The fourth-order valence-corrected chi connectivity index (χ4v) is 2.82. The second-order valence-electron chi connectivity index (χ2n) is 6.35. The molecule has 2 N–H and O–H groups in total. The van der Waals surface area contributed by atoms with Crippen LogP contribution in [0.4, 0.5) is 0 Å². The Morgan fingerprint density at radius 2 is 1.60 bits per heavy atom. The topological polar surface area (TPSA) is 73.3 Å². The summed E-state index contributed by atoms with van der Waals surface area (Å²) >= 11 is 0. The van der Waals surface area contributed by atoms with E-state index in [1.165, 1.54) is 0 Å². The molecule has 0 bridgehead atoms. The van der Waals surface area contributed by atoms with Crippen molar-refractivity contribution in [1.82, 2.24) is 10.6 Å². The van der Waals surface area contributed by atoms with Crippen molar-refractivity contribution in [2.45, 2.75) is 19.9 Å². The van der Waals surface area contributed by atoms with E-state index < -0.39 is 0 Å². The molecule has 0 aliphatic rings. The number of nitrogens with zero attached hydrogens (tertiary/aromatic N) is 1. The quantitative estimate of drug-likeness (QED) is 0.211. The molecular formula is C22H32IN3O4. The van der Waals surface area contributed by atoms with Gasteiger partial charge in [0.15, 0.2) is 17.5 Å². The summed E-state index contributed by atoms with van der Waals surface area (Å²) < 4.78 is 22.0. The number of aryl methyl sites for hydroxylation is 1. The van der Waals surface area contributed by atoms with E-state index in [0.29, 0.717) is 30.4 Å². The van der Waals surface area contributed by atoms with Crippen LogP contribution in [0.3, 0.4) is 0 Å². The molecule has 0 unspecified atom stereocenters. The smallest absolute Gasteiger partial charge is 0.203 e. The molecule has 0 saturated heterocycles. The third-order valence-electron chi connectivity index (χ3n) is 4.37. The summed E-state index contributed by atoms with van der Waals surface area (Å²) in [6.07, 6.45) is 0.860. The average molecular weight is 529 g/mol. The van der Waals surface area contributed by atoms with Crippen LogP contribution in [0.2, 0.25) is 0 Å². The van der Waals surface area contributed by atoms with Crippen LogP contribution in [0.25, 0.3) is 0 Å². The summed E-state index contributed by atoms with van der Waals surface area (Å²) in [6.45, 7) is 4.00. The van der Waals surface area contributed by atoms with Crippen LogP contribution in [0.1, 0.15) is 17.5 Å². The first-order valence-electron chi connectivity index (χ1n) is 9.54. The van der Waals surface area contributed by atoms with Gasteiger partial charge in [0.1, 0.15) is 5.75 Å². The lowest BCUT2D eigenvalue weighted by molar-refractivity contribution is 0.309. The highest BCUT2D eigenvalue weighted by Crippen LogP contribution is 2.38. The Balaban J connectivity index is 0.00000450. The molecule has 166 valence electrons. The summed E-state index contributed by atoms with van der Waals surface area (Å²) in [6, 6.07) is 11.8. The lowest BCUT2D eigenvalue weighted by atomic mass is 10.2. The Labute approximate surface area is 196 Å². The number of methoxy groups -OCH3 is 3. The van der Waals surface area contributed by atoms with Crippen LogP contribution < -0.4 is 29.6 Å². The van der Waals surface area contributed by atoms with Crippen LogP contribution in [-0.4, -0.2) is 47.5 Å². The van der Waals surface area contributed by atoms with Crippen LogP contribution in [0.15, 0.2) is 41.4 Å². The van der Waals surface area contributed by atoms with Gasteiger partial charge < -0.3 is 29.6 Å². The van der Waals surface area contributed by atoms with E-state index in [1.54, 1.807) is 28.4 Å². The molecule has 8 heteroatoms. The van der Waals surface area contributed by atoms with Gasteiger partial charge in [-0.3, -0.25) is 4.99 Å². The summed E-state index contributed by atoms with van der Waals surface area (Å²) in [4.78, 5) is 4.26. The molecule has 0 spiro atoms. The van der Waals surface area contributed by atoms with E-state index >= 15 is 0 Å². The van der Waals surface area contributed by atoms with Gasteiger partial charge in [-0.25, -0.2) is 0 Å². The number of hydrogen-bond acceptors (Lipinski definition) is 5. The molecule has 0 saturated carbocycles. The van der Waals surface area contributed by atoms with Gasteiger partial charge in [-0.15, -0.1) is 24.0 Å². The Hall–Kier alpha value is -2.36. The Kier molecular flexibility index (Phi) is 11.8. The Morgan fingerprint density at radius 3 is 2.17 bits per heavy atom. The fraction of sp³-hybridized carbons (Fsp3) is 0.409. The summed E-state index contributed by atoms with van der Waals surface area (Å²) in [5.41, 5.74) is 2.13. The van der Waals surface area contributed by atoms with E-state index in [-0.39, 0.29) is 24.0 Å². The maximum absolute atomic E-state index is 5.81. The van der Waals surface area contributed by atoms with E-state index in [0.717, 1.165) is 35.8 Å². The van der Waals surface area contributed by atoms with Crippen LogP contribution >= 0.6 is 24.0 Å². The van der Waals surface area contributed by atoms with Crippen molar-refractivity contribution in [3.63, 3.8) is 0 Å². The number of rotatable bonds is 10. The van der Waals surface area contributed by atoms with Crippen molar-refractivity contribution < 1.29 is 18.9 Å². The highest BCUT2D eigenvalue weighted by molar-refractivity contribution is 14.0. The second-order valence-corrected chi connectivity index (χ2v) is 6.35. The number of nitrogens with one attached hydrogen (secondary N) is 2. The number of halogens is 1. The predicted molar refractivity (Wildman–Crippen MR) is 131 cm³/mol. The molecule has 7 nitrogen and oxygen atoms in total. The maximum atomic E-state index is 5.81. The standard InChI is InChI=1S/C22H31N3O4.HI/c1-16-9-6-7-10-18(16)29-12-8-11-24-22(23-2)25-15-17-13-19(26-3)21(28-5)20(14-17)27-4;/h6-7,9-10,13-14H,8,11-12,15H2,1-5H3,(H2,23,24,25);1H. The summed E-state index contributed by atoms with van der Waals surface area (Å²) in [5.74, 6) is 3.47. The minimum Gasteiger partial charge on any atom is -0.493 e. The molecule has 2 rings (SSSR count). The van der Waals surface area contributed by atoms with Crippen molar-refractivity contribution in [2.75, 3.05) is 41.5 Å². The van der Waals surface area contributed by atoms with Crippen molar-refractivity contribution in [1.29, 1.82) is 0 Å². The molecule has 2 aromatic rings. The fourth-order valence-electron chi connectivity index (χ4n) is 2.82. The monoisotopic (exact) mass is 529 g/mol. The molecule has 0 amide bonds. The molecule has 2 aromatic carbocycles. The number of aliphatic imine (C=N–C) groups is 1. The van der Waals surface area contributed by atoms with E-state index in [9.17, 15) is 0 Å². The molecule has 0 atom stereocenters. The Bertz CT molecular complexity index is 790. The third-order valence-corrected chi connectivity index (χ3v) is 4.37. The van der Waals surface area contributed by atoms with Gasteiger partial charge >= 0.3 is 0 Å². The number of ether oxygens (including phenoxy) is 4. The minimum absolute atomic E-state index is 0. The zero-order valence-electron chi connectivity index (χ0n) is 18.3. The van der Waals surface area contributed by atoms with Gasteiger partial charge in [-0.05, 0) is 42.7 Å². The van der Waals surface area contributed by atoms with Gasteiger partial charge in [0.25, 0.3) is 0 Å². The van der Waals surface area contributed by atoms with Crippen molar-refractivity contribution in [2.24, 2.45) is 4.99 Å². The normalized spacial score (nSPS) is 10.6. The van der Waals surface area contributed by atoms with Gasteiger partial charge in [0.05, 0.1) is 27.9 Å². The van der Waals surface area contributed by atoms with Crippen LogP contribution in [0.5, 0.6) is 23.0 Å². The lowest BCUT2D eigenvalue weighted by Crippen LogP contribution is -2.37. The first kappa shape index (κ1) is 25.7. The molecule has 0 radical (unpaired) electrons. The van der Waals surface area contributed by atoms with Crippen molar-refractivity contribution in [3.8, 4) is 23.0 Å². The molecule has 0 aliphatic heterocycles. The zero-order chi connectivity index (χ0) is 21.1.